The molecule has 1 aromatic rings. The smallest absolute Gasteiger partial charge is 0.205 e. The zero-order valence-electron chi connectivity index (χ0n) is 10.4. The highest BCUT2D eigenvalue weighted by molar-refractivity contribution is 7.09. The SMILES string of the molecule is Cc1nsc(N(CC2CCCCN2)C2CC2)n1. The molecule has 2 aliphatic rings. The van der Waals surface area contributed by atoms with E-state index < -0.39 is 0 Å². The molecule has 94 valence electrons. The summed E-state index contributed by atoms with van der Waals surface area (Å²) in [5.41, 5.74) is 0. The average molecular weight is 252 g/mol. The van der Waals surface area contributed by atoms with Gasteiger partial charge >= 0.3 is 0 Å². The number of aryl methyl sites for hydroxylation is 1. The van der Waals surface area contributed by atoms with E-state index in [2.05, 4.69) is 19.6 Å². The summed E-state index contributed by atoms with van der Waals surface area (Å²) in [6, 6.07) is 1.37. The largest absolute Gasteiger partial charge is 0.342 e. The molecule has 1 N–H and O–H groups in total. The molecular weight excluding hydrogens is 232 g/mol. The van der Waals surface area contributed by atoms with Crippen LogP contribution in [0.1, 0.15) is 37.9 Å². The lowest BCUT2D eigenvalue weighted by Crippen LogP contribution is -2.44. The zero-order chi connectivity index (χ0) is 11.7. The van der Waals surface area contributed by atoms with Crippen LogP contribution in [0.15, 0.2) is 0 Å². The molecule has 0 spiro atoms. The Labute approximate surface area is 107 Å². The van der Waals surface area contributed by atoms with Crippen molar-refractivity contribution in [2.75, 3.05) is 18.0 Å². The van der Waals surface area contributed by atoms with Gasteiger partial charge in [0.25, 0.3) is 0 Å². The summed E-state index contributed by atoms with van der Waals surface area (Å²) in [6.45, 7) is 4.27. The van der Waals surface area contributed by atoms with E-state index in [9.17, 15) is 0 Å². The fraction of sp³-hybridized carbons (Fsp3) is 0.833. The molecule has 1 aliphatic carbocycles. The van der Waals surface area contributed by atoms with Gasteiger partial charge in [-0.25, -0.2) is 4.98 Å². The van der Waals surface area contributed by atoms with Crippen LogP contribution in [0.5, 0.6) is 0 Å². The normalized spacial score (nSPS) is 24.9. The topological polar surface area (TPSA) is 41.1 Å². The number of anilines is 1. The predicted molar refractivity (Wildman–Crippen MR) is 70.7 cm³/mol. The number of hydrogen-bond acceptors (Lipinski definition) is 5. The van der Waals surface area contributed by atoms with E-state index in [4.69, 9.17) is 0 Å². The van der Waals surface area contributed by atoms with Crippen LogP contribution in [0.2, 0.25) is 0 Å². The lowest BCUT2D eigenvalue weighted by atomic mass is 10.0. The van der Waals surface area contributed by atoms with Gasteiger partial charge in [0.05, 0.1) is 0 Å². The van der Waals surface area contributed by atoms with E-state index in [0.29, 0.717) is 6.04 Å². The van der Waals surface area contributed by atoms with Gasteiger partial charge in [-0.15, -0.1) is 0 Å². The van der Waals surface area contributed by atoms with Gasteiger partial charge in [-0.2, -0.15) is 4.37 Å². The van der Waals surface area contributed by atoms with Gasteiger partial charge in [-0.1, -0.05) is 6.42 Å². The third-order valence-corrected chi connectivity index (χ3v) is 4.42. The highest BCUT2D eigenvalue weighted by Gasteiger charge is 2.32. The maximum Gasteiger partial charge on any atom is 0.205 e. The van der Waals surface area contributed by atoms with Crippen molar-refractivity contribution in [3.63, 3.8) is 0 Å². The van der Waals surface area contributed by atoms with Crippen molar-refractivity contribution in [2.45, 2.75) is 51.1 Å². The molecule has 1 saturated heterocycles. The first-order valence-electron chi connectivity index (χ1n) is 6.63. The Morgan fingerprint density at radius 2 is 2.24 bits per heavy atom. The van der Waals surface area contributed by atoms with Gasteiger partial charge in [0.2, 0.25) is 5.13 Å². The van der Waals surface area contributed by atoms with Gasteiger partial charge in [-0.3, -0.25) is 0 Å². The molecule has 1 aromatic heterocycles. The van der Waals surface area contributed by atoms with E-state index in [-0.39, 0.29) is 0 Å². The fourth-order valence-corrected chi connectivity index (χ4v) is 3.25. The molecule has 17 heavy (non-hydrogen) atoms. The molecule has 0 aromatic carbocycles. The van der Waals surface area contributed by atoms with Crippen LogP contribution < -0.4 is 10.2 Å². The predicted octanol–water partition coefficient (Wildman–Crippen LogP) is 1.96. The van der Waals surface area contributed by atoms with Crippen LogP contribution in [0.4, 0.5) is 5.13 Å². The molecule has 3 rings (SSSR count). The van der Waals surface area contributed by atoms with Crippen molar-refractivity contribution in [1.29, 1.82) is 0 Å². The quantitative estimate of drug-likeness (QED) is 0.889. The Kier molecular flexibility index (Phi) is 3.29. The van der Waals surface area contributed by atoms with Gasteiger partial charge in [0, 0.05) is 30.2 Å². The zero-order valence-corrected chi connectivity index (χ0v) is 11.2. The minimum Gasteiger partial charge on any atom is -0.342 e. The third-order valence-electron chi connectivity index (χ3n) is 3.58. The Hall–Kier alpha value is -0.680. The Morgan fingerprint density at radius 3 is 2.82 bits per heavy atom. The maximum absolute atomic E-state index is 4.54. The summed E-state index contributed by atoms with van der Waals surface area (Å²) < 4.78 is 4.31. The maximum atomic E-state index is 4.54. The highest BCUT2D eigenvalue weighted by Crippen LogP contribution is 2.33. The van der Waals surface area contributed by atoms with Crippen LogP contribution in [0.25, 0.3) is 0 Å². The molecular formula is C12H20N4S. The highest BCUT2D eigenvalue weighted by atomic mass is 32.1. The van der Waals surface area contributed by atoms with Crippen molar-refractivity contribution < 1.29 is 0 Å². The number of hydrogen-bond donors (Lipinski definition) is 1. The molecule has 5 heteroatoms. The molecule has 0 radical (unpaired) electrons. The monoisotopic (exact) mass is 252 g/mol. The van der Waals surface area contributed by atoms with E-state index in [1.54, 1.807) is 11.5 Å². The number of aromatic nitrogens is 2. The second kappa shape index (κ2) is 4.90. The lowest BCUT2D eigenvalue weighted by Gasteiger charge is -2.30. The lowest BCUT2D eigenvalue weighted by molar-refractivity contribution is 0.398. The first-order valence-corrected chi connectivity index (χ1v) is 7.40. The average Bonchev–Trinajstić information content (AvgIpc) is 3.10. The number of piperidine rings is 1. The number of rotatable bonds is 4. The Bertz CT molecular complexity index is 368. The summed E-state index contributed by atoms with van der Waals surface area (Å²) in [5.74, 6) is 0.909. The van der Waals surface area contributed by atoms with Crippen molar-refractivity contribution >= 4 is 16.7 Å². The number of nitrogens with zero attached hydrogens (tertiary/aromatic N) is 3. The summed E-state index contributed by atoms with van der Waals surface area (Å²) in [6.07, 6.45) is 6.65. The van der Waals surface area contributed by atoms with E-state index in [1.165, 1.54) is 38.6 Å². The van der Waals surface area contributed by atoms with Gasteiger partial charge in [-0.05, 0) is 39.2 Å². The van der Waals surface area contributed by atoms with E-state index >= 15 is 0 Å². The summed E-state index contributed by atoms with van der Waals surface area (Å²) >= 11 is 1.55. The molecule has 1 saturated carbocycles. The second-order valence-electron chi connectivity index (χ2n) is 5.15. The van der Waals surface area contributed by atoms with Crippen LogP contribution in [-0.2, 0) is 0 Å². The molecule has 2 heterocycles. The molecule has 1 aliphatic heterocycles. The molecule has 1 atom stereocenters. The van der Waals surface area contributed by atoms with Gasteiger partial charge in [0.1, 0.15) is 5.82 Å². The van der Waals surface area contributed by atoms with Crippen LogP contribution in [0, 0.1) is 6.92 Å². The van der Waals surface area contributed by atoms with E-state index in [1.807, 2.05) is 6.92 Å². The van der Waals surface area contributed by atoms with Crippen molar-refractivity contribution in [2.24, 2.45) is 0 Å². The van der Waals surface area contributed by atoms with Gasteiger partial charge in [0.15, 0.2) is 0 Å². The molecule has 1 unspecified atom stereocenters. The van der Waals surface area contributed by atoms with Crippen molar-refractivity contribution in [1.82, 2.24) is 14.7 Å². The van der Waals surface area contributed by atoms with Gasteiger partial charge < -0.3 is 10.2 Å². The first-order chi connectivity index (χ1) is 8.33. The minimum atomic E-state index is 0.647. The van der Waals surface area contributed by atoms with Crippen LogP contribution in [-0.4, -0.2) is 34.5 Å². The summed E-state index contributed by atoms with van der Waals surface area (Å²) in [7, 11) is 0. The minimum absolute atomic E-state index is 0.647. The van der Waals surface area contributed by atoms with Crippen LogP contribution >= 0.6 is 11.5 Å². The second-order valence-corrected chi connectivity index (χ2v) is 5.88. The van der Waals surface area contributed by atoms with E-state index in [0.717, 1.165) is 23.5 Å². The van der Waals surface area contributed by atoms with Crippen molar-refractivity contribution in [3.8, 4) is 0 Å². The Balaban J connectivity index is 1.67. The molecule has 2 fully saturated rings. The van der Waals surface area contributed by atoms with Crippen LogP contribution in [0.3, 0.4) is 0 Å². The standard InChI is InChI=1S/C12H20N4S/c1-9-14-12(17-15-9)16(11-5-6-11)8-10-4-2-3-7-13-10/h10-11,13H,2-8H2,1H3. The first kappa shape index (κ1) is 11.4. The third kappa shape index (κ3) is 2.77. The summed E-state index contributed by atoms with van der Waals surface area (Å²) in [4.78, 5) is 7.02. The Morgan fingerprint density at radius 1 is 1.35 bits per heavy atom. The molecule has 4 nitrogen and oxygen atoms in total. The fourth-order valence-electron chi connectivity index (χ4n) is 2.49. The van der Waals surface area contributed by atoms with Crippen molar-refractivity contribution in [3.05, 3.63) is 5.82 Å². The number of nitrogens with one attached hydrogen (secondary N) is 1. The molecule has 0 amide bonds. The molecule has 0 bridgehead atoms. The summed E-state index contributed by atoms with van der Waals surface area (Å²) in [5, 5.41) is 4.75.